The fourth-order valence-electron chi connectivity index (χ4n) is 2.72. The van der Waals surface area contributed by atoms with Crippen molar-refractivity contribution in [1.82, 2.24) is 10.3 Å². The summed E-state index contributed by atoms with van der Waals surface area (Å²) in [6.45, 7) is 7.18. The molecule has 0 fully saturated rings. The van der Waals surface area contributed by atoms with E-state index in [1.165, 1.54) is 0 Å². The van der Waals surface area contributed by atoms with Gasteiger partial charge in [-0.25, -0.2) is 4.98 Å². The van der Waals surface area contributed by atoms with Gasteiger partial charge in [0.2, 0.25) is 0 Å². The summed E-state index contributed by atoms with van der Waals surface area (Å²) in [5.41, 5.74) is 3.28. The standard InChI is InChI=1S/C21H27N3O3/c1-14(2)16-9-5-8-15(3)19(16)24-21(26)18-11-6-10-17(23-18)20(25)22-12-7-13-27-4/h5-6,8-11,14H,7,12-13H2,1-4H3,(H,22,25)(H,24,26). The number of hydrogen-bond acceptors (Lipinski definition) is 4. The molecular weight excluding hydrogens is 342 g/mol. The van der Waals surface area contributed by atoms with E-state index in [-0.39, 0.29) is 29.1 Å². The molecule has 6 heteroatoms. The number of ether oxygens (including phenoxy) is 1. The Bertz CT molecular complexity index is 803. The molecule has 1 aromatic carbocycles. The number of aryl methyl sites for hydroxylation is 1. The molecule has 0 bridgehead atoms. The van der Waals surface area contributed by atoms with Gasteiger partial charge in [0.1, 0.15) is 11.4 Å². The van der Waals surface area contributed by atoms with Crippen LogP contribution in [0.4, 0.5) is 5.69 Å². The zero-order valence-electron chi connectivity index (χ0n) is 16.3. The number of amides is 2. The fourth-order valence-corrected chi connectivity index (χ4v) is 2.72. The zero-order valence-corrected chi connectivity index (χ0v) is 16.3. The van der Waals surface area contributed by atoms with E-state index >= 15 is 0 Å². The second kappa shape index (κ2) is 9.83. The molecule has 0 unspecified atom stereocenters. The lowest BCUT2D eigenvalue weighted by atomic mass is 9.98. The van der Waals surface area contributed by atoms with E-state index in [0.717, 1.165) is 16.8 Å². The summed E-state index contributed by atoms with van der Waals surface area (Å²) in [5.74, 6) is -0.364. The minimum atomic E-state index is -0.333. The first kappa shape index (κ1) is 20.6. The monoisotopic (exact) mass is 369 g/mol. The smallest absolute Gasteiger partial charge is 0.274 e. The average Bonchev–Trinajstić information content (AvgIpc) is 2.66. The Morgan fingerprint density at radius 1 is 1.07 bits per heavy atom. The van der Waals surface area contributed by atoms with Gasteiger partial charge in [0, 0.05) is 25.9 Å². The number of anilines is 1. The van der Waals surface area contributed by atoms with E-state index in [0.29, 0.717) is 19.6 Å². The molecule has 0 radical (unpaired) electrons. The molecule has 1 aromatic heterocycles. The van der Waals surface area contributed by atoms with Crippen LogP contribution in [-0.4, -0.2) is 37.1 Å². The van der Waals surface area contributed by atoms with Gasteiger partial charge in [0.15, 0.2) is 0 Å². The Balaban J connectivity index is 2.13. The number of nitrogens with zero attached hydrogens (tertiary/aromatic N) is 1. The summed E-state index contributed by atoms with van der Waals surface area (Å²) in [7, 11) is 1.62. The van der Waals surface area contributed by atoms with Crippen LogP contribution in [0.25, 0.3) is 0 Å². The Labute approximate surface area is 160 Å². The zero-order chi connectivity index (χ0) is 19.8. The van der Waals surface area contributed by atoms with Gasteiger partial charge in [-0.3, -0.25) is 9.59 Å². The number of pyridine rings is 1. The van der Waals surface area contributed by atoms with E-state index in [9.17, 15) is 9.59 Å². The first-order chi connectivity index (χ1) is 12.9. The molecule has 2 amide bonds. The molecule has 2 N–H and O–H groups in total. The van der Waals surface area contributed by atoms with Crippen molar-refractivity contribution >= 4 is 17.5 Å². The number of hydrogen-bond donors (Lipinski definition) is 2. The summed E-state index contributed by atoms with van der Waals surface area (Å²) in [6, 6.07) is 10.8. The minimum absolute atomic E-state index is 0.206. The Kier molecular flexibility index (Phi) is 7.49. The summed E-state index contributed by atoms with van der Waals surface area (Å²) >= 11 is 0. The normalized spacial score (nSPS) is 10.7. The summed E-state index contributed by atoms with van der Waals surface area (Å²) < 4.78 is 4.95. The number of rotatable bonds is 8. The third-order valence-corrected chi connectivity index (χ3v) is 4.19. The first-order valence-corrected chi connectivity index (χ1v) is 9.09. The van der Waals surface area contributed by atoms with Crippen LogP contribution in [-0.2, 0) is 4.74 Å². The van der Waals surface area contributed by atoms with Crippen molar-refractivity contribution in [3.63, 3.8) is 0 Å². The molecule has 144 valence electrons. The van der Waals surface area contributed by atoms with E-state index in [4.69, 9.17) is 4.74 Å². The number of aromatic nitrogens is 1. The number of para-hydroxylation sites is 1. The lowest BCUT2D eigenvalue weighted by molar-refractivity contribution is 0.0943. The van der Waals surface area contributed by atoms with Crippen molar-refractivity contribution in [1.29, 1.82) is 0 Å². The van der Waals surface area contributed by atoms with Crippen molar-refractivity contribution in [2.75, 3.05) is 25.6 Å². The van der Waals surface area contributed by atoms with Crippen molar-refractivity contribution in [2.45, 2.75) is 33.1 Å². The van der Waals surface area contributed by atoms with Crippen LogP contribution >= 0.6 is 0 Å². The second-order valence-corrected chi connectivity index (χ2v) is 6.66. The van der Waals surface area contributed by atoms with E-state index in [2.05, 4.69) is 29.5 Å². The largest absolute Gasteiger partial charge is 0.385 e. The van der Waals surface area contributed by atoms with E-state index < -0.39 is 0 Å². The highest BCUT2D eigenvalue weighted by Gasteiger charge is 2.16. The van der Waals surface area contributed by atoms with Gasteiger partial charge in [-0.1, -0.05) is 38.1 Å². The van der Waals surface area contributed by atoms with Gasteiger partial charge in [0.25, 0.3) is 11.8 Å². The van der Waals surface area contributed by atoms with Crippen LogP contribution in [0.5, 0.6) is 0 Å². The minimum Gasteiger partial charge on any atom is -0.385 e. The molecule has 0 saturated heterocycles. The molecule has 1 heterocycles. The number of nitrogens with one attached hydrogen (secondary N) is 2. The molecule has 0 aliphatic heterocycles. The maximum Gasteiger partial charge on any atom is 0.274 e. The highest BCUT2D eigenvalue weighted by Crippen LogP contribution is 2.27. The fraction of sp³-hybridized carbons (Fsp3) is 0.381. The van der Waals surface area contributed by atoms with Crippen LogP contribution < -0.4 is 10.6 Å². The van der Waals surface area contributed by atoms with Crippen molar-refractivity contribution < 1.29 is 14.3 Å². The topological polar surface area (TPSA) is 80.3 Å². The van der Waals surface area contributed by atoms with Crippen LogP contribution in [0.15, 0.2) is 36.4 Å². The SMILES string of the molecule is COCCCNC(=O)c1cccc(C(=O)Nc2c(C)cccc2C(C)C)n1. The molecule has 0 saturated carbocycles. The number of methoxy groups -OCH3 is 1. The highest BCUT2D eigenvalue weighted by atomic mass is 16.5. The number of benzene rings is 1. The van der Waals surface area contributed by atoms with Gasteiger partial charge in [-0.15, -0.1) is 0 Å². The quantitative estimate of drug-likeness (QED) is 0.698. The van der Waals surface area contributed by atoms with Gasteiger partial charge in [0.05, 0.1) is 0 Å². The summed E-state index contributed by atoms with van der Waals surface area (Å²) in [5, 5.41) is 5.72. The Hall–Kier alpha value is -2.73. The van der Waals surface area contributed by atoms with Gasteiger partial charge in [-0.05, 0) is 42.5 Å². The summed E-state index contributed by atoms with van der Waals surface area (Å²) in [4.78, 5) is 29.1. The van der Waals surface area contributed by atoms with Gasteiger partial charge < -0.3 is 15.4 Å². The van der Waals surface area contributed by atoms with Gasteiger partial charge >= 0.3 is 0 Å². The molecule has 0 spiro atoms. The van der Waals surface area contributed by atoms with E-state index in [1.807, 2.05) is 25.1 Å². The Morgan fingerprint density at radius 2 is 1.74 bits per heavy atom. The lowest BCUT2D eigenvalue weighted by Crippen LogP contribution is -2.27. The van der Waals surface area contributed by atoms with Crippen LogP contribution in [0.3, 0.4) is 0 Å². The molecular formula is C21H27N3O3. The van der Waals surface area contributed by atoms with Crippen molar-refractivity contribution in [2.24, 2.45) is 0 Å². The number of carbonyl (C=O) groups excluding carboxylic acids is 2. The second-order valence-electron chi connectivity index (χ2n) is 6.66. The summed E-state index contributed by atoms with van der Waals surface area (Å²) in [6.07, 6.45) is 0.716. The van der Waals surface area contributed by atoms with Crippen LogP contribution in [0.1, 0.15) is 58.3 Å². The van der Waals surface area contributed by atoms with E-state index in [1.54, 1.807) is 25.3 Å². The number of carbonyl (C=O) groups is 2. The maximum absolute atomic E-state index is 12.7. The molecule has 2 aromatic rings. The predicted molar refractivity (Wildman–Crippen MR) is 106 cm³/mol. The highest BCUT2D eigenvalue weighted by molar-refractivity contribution is 6.04. The molecule has 0 aliphatic rings. The predicted octanol–water partition coefficient (Wildman–Crippen LogP) is 3.53. The molecule has 27 heavy (non-hydrogen) atoms. The third-order valence-electron chi connectivity index (χ3n) is 4.19. The average molecular weight is 369 g/mol. The molecule has 2 rings (SSSR count). The Morgan fingerprint density at radius 3 is 2.41 bits per heavy atom. The van der Waals surface area contributed by atoms with Crippen molar-refractivity contribution in [3.05, 3.63) is 58.9 Å². The maximum atomic E-state index is 12.7. The van der Waals surface area contributed by atoms with Crippen LogP contribution in [0.2, 0.25) is 0 Å². The molecule has 0 aliphatic carbocycles. The molecule has 6 nitrogen and oxygen atoms in total. The third kappa shape index (κ3) is 5.62. The first-order valence-electron chi connectivity index (χ1n) is 9.09. The van der Waals surface area contributed by atoms with Crippen LogP contribution in [0, 0.1) is 6.92 Å². The van der Waals surface area contributed by atoms with Gasteiger partial charge in [-0.2, -0.15) is 0 Å². The lowest BCUT2D eigenvalue weighted by Gasteiger charge is -2.16. The van der Waals surface area contributed by atoms with Crippen molar-refractivity contribution in [3.8, 4) is 0 Å². The molecule has 0 atom stereocenters.